The third-order valence-corrected chi connectivity index (χ3v) is 5.89. The highest BCUT2D eigenvalue weighted by Crippen LogP contribution is 2.43. The van der Waals surface area contributed by atoms with Crippen molar-refractivity contribution in [2.24, 2.45) is 0 Å². The predicted molar refractivity (Wildman–Crippen MR) is 138 cm³/mol. The van der Waals surface area contributed by atoms with Crippen molar-refractivity contribution in [2.75, 3.05) is 22.9 Å². The number of nitrogen functional groups attached to an aromatic ring is 2. The summed E-state index contributed by atoms with van der Waals surface area (Å²) in [6.07, 6.45) is 3.22. The predicted octanol–water partition coefficient (Wildman–Crippen LogP) is 5.60. The first-order chi connectivity index (χ1) is 15.7. The Bertz CT molecular complexity index is 1140. The Balaban J connectivity index is 0.000000191. The number of anilines is 3. The zero-order valence-corrected chi connectivity index (χ0v) is 20.8. The summed E-state index contributed by atoms with van der Waals surface area (Å²) in [7, 11) is 0. The van der Waals surface area contributed by atoms with Gasteiger partial charge in [-0.25, -0.2) is 4.79 Å². The Morgan fingerprint density at radius 3 is 2.21 bits per heavy atom. The molecular weight excluding hydrogens is 432 g/mol. The number of amides is 2. The topological polar surface area (TPSA) is 119 Å². The number of rotatable bonds is 0. The number of fused-ring (bicyclic) bond motifs is 2. The number of carbonyl (C=O) groups is 2. The maximum absolute atomic E-state index is 12.0. The van der Waals surface area contributed by atoms with Crippen LogP contribution in [0.5, 0.6) is 0 Å². The van der Waals surface area contributed by atoms with Crippen LogP contribution in [-0.4, -0.2) is 35.0 Å². The molecule has 0 bridgehead atoms. The van der Waals surface area contributed by atoms with E-state index in [2.05, 4.69) is 0 Å². The molecular formula is C26H35N4O4+. The summed E-state index contributed by atoms with van der Waals surface area (Å²) < 4.78 is 5.15. The second-order valence-electron chi connectivity index (χ2n) is 10.6. The molecule has 182 valence electrons. The molecule has 8 nitrogen and oxygen atoms in total. The van der Waals surface area contributed by atoms with Gasteiger partial charge in [0.15, 0.2) is 5.69 Å². The number of benzene rings is 2. The lowest BCUT2D eigenvalue weighted by Crippen LogP contribution is -2.60. The fraction of sp³-hybridized carbons (Fsp3) is 0.385. The van der Waals surface area contributed by atoms with E-state index in [9.17, 15) is 14.7 Å². The van der Waals surface area contributed by atoms with Gasteiger partial charge in [-0.15, -0.1) is 0 Å². The molecule has 1 atom stereocenters. The lowest BCUT2D eigenvalue weighted by atomic mass is 10.0. The van der Waals surface area contributed by atoms with Crippen LogP contribution in [0.25, 0.3) is 6.08 Å². The summed E-state index contributed by atoms with van der Waals surface area (Å²) in [6.45, 7) is 12.0. The molecule has 2 aliphatic heterocycles. The average molecular weight is 468 g/mol. The number of nitrogens with zero attached hydrogens (tertiary/aromatic N) is 2. The number of ether oxygens (including phenoxy) is 1. The smallest absolute Gasteiger partial charge is 0.443 e. The van der Waals surface area contributed by atoms with Crippen LogP contribution in [0.3, 0.4) is 0 Å². The van der Waals surface area contributed by atoms with E-state index in [0.717, 1.165) is 28.9 Å². The van der Waals surface area contributed by atoms with Crippen LogP contribution in [0.2, 0.25) is 0 Å². The molecule has 0 saturated heterocycles. The van der Waals surface area contributed by atoms with E-state index >= 15 is 0 Å². The van der Waals surface area contributed by atoms with Crippen molar-refractivity contribution in [3.05, 3.63) is 53.7 Å². The molecule has 0 radical (unpaired) electrons. The van der Waals surface area contributed by atoms with Crippen LogP contribution in [0, 0.1) is 0 Å². The maximum atomic E-state index is 12.0. The van der Waals surface area contributed by atoms with E-state index in [4.69, 9.17) is 16.2 Å². The van der Waals surface area contributed by atoms with Gasteiger partial charge in [0.25, 0.3) is 0 Å². The monoisotopic (exact) mass is 467 g/mol. The summed E-state index contributed by atoms with van der Waals surface area (Å²) >= 11 is 0. The van der Waals surface area contributed by atoms with E-state index in [0.29, 0.717) is 17.9 Å². The van der Waals surface area contributed by atoms with Crippen LogP contribution < -0.4 is 20.9 Å². The van der Waals surface area contributed by atoms with Crippen LogP contribution in [-0.2, 0) is 11.2 Å². The fourth-order valence-corrected chi connectivity index (χ4v) is 4.22. The van der Waals surface area contributed by atoms with E-state index in [1.807, 2.05) is 71.9 Å². The SMILES string of the molecule is CC(C)(C)OC(=O)N1CCc2ccc(N)cc21.CC(C)(C)[N+]1(C(=O)O)C=Cc2ccc(N)cc21. The number of nitrogens with two attached hydrogens (primary N) is 2. The highest BCUT2D eigenvalue weighted by Gasteiger charge is 2.52. The van der Waals surface area contributed by atoms with Crippen LogP contribution in [0.1, 0.15) is 52.7 Å². The molecule has 8 heteroatoms. The summed E-state index contributed by atoms with van der Waals surface area (Å²) in [6, 6.07) is 11.0. The largest absolute Gasteiger partial charge is 0.523 e. The summed E-state index contributed by atoms with van der Waals surface area (Å²) in [4.78, 5) is 25.4. The molecule has 0 saturated carbocycles. The minimum atomic E-state index is -0.891. The number of hydrogen-bond acceptors (Lipinski definition) is 5. The quantitative estimate of drug-likeness (QED) is 0.343. The zero-order chi connectivity index (χ0) is 25.5. The Morgan fingerprint density at radius 2 is 1.62 bits per heavy atom. The van der Waals surface area contributed by atoms with Gasteiger partial charge in [0.05, 0.1) is 5.69 Å². The first kappa shape index (κ1) is 25.1. The van der Waals surface area contributed by atoms with Gasteiger partial charge >= 0.3 is 12.2 Å². The molecule has 0 aliphatic carbocycles. The van der Waals surface area contributed by atoms with Gasteiger partial charge in [-0.05, 0) is 77.8 Å². The van der Waals surface area contributed by atoms with Gasteiger partial charge in [0, 0.05) is 35.6 Å². The first-order valence-electron chi connectivity index (χ1n) is 11.3. The maximum Gasteiger partial charge on any atom is 0.523 e. The molecule has 2 amide bonds. The van der Waals surface area contributed by atoms with E-state index in [1.165, 1.54) is 0 Å². The average Bonchev–Trinajstić information content (AvgIpc) is 3.28. The van der Waals surface area contributed by atoms with Crippen molar-refractivity contribution in [1.82, 2.24) is 4.48 Å². The van der Waals surface area contributed by atoms with Crippen LogP contribution in [0.4, 0.5) is 32.3 Å². The molecule has 1 unspecified atom stereocenters. The molecule has 2 aromatic carbocycles. The molecule has 2 aromatic rings. The molecule has 2 heterocycles. The second kappa shape index (κ2) is 8.68. The van der Waals surface area contributed by atoms with Gasteiger partial charge in [-0.1, -0.05) is 6.07 Å². The van der Waals surface area contributed by atoms with Crippen molar-refractivity contribution in [3.8, 4) is 0 Å². The number of carboxylic acid groups (broad SMARTS) is 1. The van der Waals surface area contributed by atoms with Gasteiger partial charge in [0.1, 0.15) is 17.3 Å². The lowest BCUT2D eigenvalue weighted by Gasteiger charge is -2.38. The minimum Gasteiger partial charge on any atom is -0.443 e. The van der Waals surface area contributed by atoms with Gasteiger partial charge in [-0.2, -0.15) is 9.28 Å². The molecule has 4 rings (SSSR count). The third-order valence-electron chi connectivity index (χ3n) is 5.89. The molecule has 0 aromatic heterocycles. The van der Waals surface area contributed by atoms with Gasteiger partial charge < -0.3 is 21.3 Å². The molecule has 34 heavy (non-hydrogen) atoms. The van der Waals surface area contributed by atoms with E-state index < -0.39 is 17.2 Å². The number of hydrogen-bond donors (Lipinski definition) is 3. The molecule has 0 fully saturated rings. The van der Waals surface area contributed by atoms with Crippen LogP contribution >= 0.6 is 0 Å². The normalized spacial score (nSPS) is 18.6. The Morgan fingerprint density at radius 1 is 1.00 bits per heavy atom. The van der Waals surface area contributed by atoms with Gasteiger partial charge in [0.2, 0.25) is 0 Å². The molecule has 0 spiro atoms. The van der Waals surface area contributed by atoms with Crippen molar-refractivity contribution >= 4 is 41.0 Å². The van der Waals surface area contributed by atoms with Crippen molar-refractivity contribution in [3.63, 3.8) is 0 Å². The van der Waals surface area contributed by atoms with Crippen LogP contribution in [0.15, 0.2) is 42.6 Å². The second-order valence-corrected chi connectivity index (χ2v) is 10.6. The Hall–Kier alpha value is -3.52. The van der Waals surface area contributed by atoms with Crippen molar-refractivity contribution in [2.45, 2.75) is 59.1 Å². The van der Waals surface area contributed by atoms with E-state index in [1.54, 1.807) is 23.2 Å². The fourth-order valence-electron chi connectivity index (χ4n) is 4.22. The number of carbonyl (C=O) groups excluding carboxylic acids is 1. The highest BCUT2D eigenvalue weighted by molar-refractivity contribution is 5.93. The lowest BCUT2D eigenvalue weighted by molar-refractivity contribution is 0.0584. The Kier molecular flexibility index (Phi) is 6.41. The van der Waals surface area contributed by atoms with Crippen molar-refractivity contribution < 1.29 is 19.4 Å². The summed E-state index contributed by atoms with van der Waals surface area (Å²) in [5, 5.41) is 9.62. The Labute approximate surface area is 201 Å². The number of quaternary nitrogens is 1. The first-order valence-corrected chi connectivity index (χ1v) is 11.3. The van der Waals surface area contributed by atoms with E-state index in [-0.39, 0.29) is 10.6 Å². The minimum absolute atomic E-state index is 0.215. The summed E-state index contributed by atoms with van der Waals surface area (Å²) in [5.41, 5.74) is 15.5. The highest BCUT2D eigenvalue weighted by atomic mass is 16.6. The van der Waals surface area contributed by atoms with Crippen molar-refractivity contribution in [1.29, 1.82) is 0 Å². The zero-order valence-electron chi connectivity index (χ0n) is 20.8. The summed E-state index contributed by atoms with van der Waals surface area (Å²) in [5.74, 6) is 0. The van der Waals surface area contributed by atoms with Gasteiger partial charge in [-0.3, -0.25) is 4.90 Å². The third kappa shape index (κ3) is 4.72. The standard InChI is InChI=1S/C13H18N2O2.C13H16N2O2/c1-13(2,3)17-12(16)15-7-6-9-4-5-10(14)8-11(9)15;1-13(2,3)15(12(16)17)7-6-9-4-5-10(14)8-11(9)15/h4-5,8H,6-7,14H2,1-3H3;4-8H,14H2,1-3H3/p+1. The molecule has 5 N–H and O–H groups in total. The molecule has 2 aliphatic rings.